The predicted molar refractivity (Wildman–Crippen MR) is 66.8 cm³/mol. The second-order valence-corrected chi connectivity index (χ2v) is 5.41. The van der Waals surface area contributed by atoms with Crippen LogP contribution in [0.5, 0.6) is 0 Å². The van der Waals surface area contributed by atoms with Gasteiger partial charge >= 0.3 is 0 Å². The molecule has 0 spiro atoms. The van der Waals surface area contributed by atoms with Gasteiger partial charge in [0.2, 0.25) is 0 Å². The molecule has 0 radical (unpaired) electrons. The Kier molecular flexibility index (Phi) is 3.73. The van der Waals surface area contributed by atoms with Crippen molar-refractivity contribution in [3.8, 4) is 0 Å². The molecular formula is C13H24N2O2. The van der Waals surface area contributed by atoms with Crippen molar-refractivity contribution in [2.75, 3.05) is 26.7 Å². The number of hydrogen-bond acceptors (Lipinski definition) is 3. The lowest BCUT2D eigenvalue weighted by Gasteiger charge is -2.41. The molecule has 2 aliphatic heterocycles. The first kappa shape index (κ1) is 12.8. The molecule has 0 aromatic rings. The fraction of sp³-hybridized carbons (Fsp3) is 0.923. The van der Waals surface area contributed by atoms with Crippen LogP contribution >= 0.6 is 0 Å². The van der Waals surface area contributed by atoms with Crippen molar-refractivity contribution in [1.29, 1.82) is 0 Å². The van der Waals surface area contributed by atoms with Crippen molar-refractivity contribution in [3.05, 3.63) is 0 Å². The zero-order valence-electron chi connectivity index (χ0n) is 11.2. The van der Waals surface area contributed by atoms with Gasteiger partial charge in [0, 0.05) is 32.8 Å². The van der Waals surface area contributed by atoms with Crippen molar-refractivity contribution in [2.45, 2.75) is 44.8 Å². The number of nitrogens with zero attached hydrogens (tertiary/aromatic N) is 1. The summed E-state index contributed by atoms with van der Waals surface area (Å²) in [5.74, 6) is 0.812. The standard InChI is InChI=1S/C13H24N2O2/c1-4-13(2,17-3)12(16)15-7-5-6-10-8-14-9-11(10)15/h10-11,14H,4-9H2,1-3H3. The van der Waals surface area contributed by atoms with Gasteiger partial charge in [-0.15, -0.1) is 0 Å². The van der Waals surface area contributed by atoms with Crippen LogP contribution in [0, 0.1) is 5.92 Å². The number of amides is 1. The van der Waals surface area contributed by atoms with Crippen LogP contribution in [0.3, 0.4) is 0 Å². The van der Waals surface area contributed by atoms with Crippen LogP contribution in [0.4, 0.5) is 0 Å². The number of nitrogens with one attached hydrogen (secondary N) is 1. The summed E-state index contributed by atoms with van der Waals surface area (Å²) >= 11 is 0. The van der Waals surface area contributed by atoms with Crippen LogP contribution < -0.4 is 5.32 Å². The fourth-order valence-corrected chi connectivity index (χ4v) is 3.01. The average molecular weight is 240 g/mol. The number of ether oxygens (including phenoxy) is 1. The molecule has 2 heterocycles. The SMILES string of the molecule is CCC(C)(OC)C(=O)N1CCCC2CNCC21. The van der Waals surface area contributed by atoms with Crippen molar-refractivity contribution >= 4 is 5.91 Å². The van der Waals surface area contributed by atoms with Gasteiger partial charge in [-0.3, -0.25) is 4.79 Å². The lowest BCUT2D eigenvalue weighted by atomic mass is 9.89. The number of rotatable bonds is 3. The maximum Gasteiger partial charge on any atom is 0.254 e. The Bertz CT molecular complexity index is 289. The van der Waals surface area contributed by atoms with Gasteiger partial charge in [0.1, 0.15) is 5.60 Å². The Hall–Kier alpha value is -0.610. The van der Waals surface area contributed by atoms with Crippen LogP contribution in [0.25, 0.3) is 0 Å². The first-order valence-corrected chi connectivity index (χ1v) is 6.69. The lowest BCUT2D eigenvalue weighted by molar-refractivity contribution is -0.157. The van der Waals surface area contributed by atoms with E-state index in [-0.39, 0.29) is 5.91 Å². The highest BCUT2D eigenvalue weighted by Gasteiger charge is 2.43. The van der Waals surface area contributed by atoms with E-state index in [0.717, 1.165) is 32.5 Å². The highest BCUT2D eigenvalue weighted by atomic mass is 16.5. The van der Waals surface area contributed by atoms with Crippen LogP contribution in [0.15, 0.2) is 0 Å². The quantitative estimate of drug-likeness (QED) is 0.800. The smallest absolute Gasteiger partial charge is 0.254 e. The number of piperidine rings is 1. The molecule has 2 aliphatic rings. The van der Waals surface area contributed by atoms with E-state index in [2.05, 4.69) is 10.2 Å². The maximum absolute atomic E-state index is 12.6. The molecule has 1 N–H and O–H groups in total. The third-order valence-corrected chi connectivity index (χ3v) is 4.52. The monoisotopic (exact) mass is 240 g/mol. The molecule has 0 aliphatic carbocycles. The summed E-state index contributed by atoms with van der Waals surface area (Å²) in [4.78, 5) is 14.7. The van der Waals surface area contributed by atoms with Gasteiger partial charge in [0.15, 0.2) is 0 Å². The molecule has 2 saturated heterocycles. The molecule has 0 aromatic carbocycles. The van der Waals surface area contributed by atoms with Gasteiger partial charge in [-0.2, -0.15) is 0 Å². The van der Waals surface area contributed by atoms with Gasteiger partial charge < -0.3 is 15.0 Å². The van der Waals surface area contributed by atoms with Gasteiger partial charge in [0.05, 0.1) is 0 Å². The number of carbonyl (C=O) groups is 1. The van der Waals surface area contributed by atoms with Crippen molar-refractivity contribution in [1.82, 2.24) is 10.2 Å². The minimum atomic E-state index is -0.648. The van der Waals surface area contributed by atoms with Crippen LogP contribution in [0.1, 0.15) is 33.1 Å². The van der Waals surface area contributed by atoms with Crippen molar-refractivity contribution in [2.24, 2.45) is 5.92 Å². The van der Waals surface area contributed by atoms with E-state index in [4.69, 9.17) is 4.74 Å². The molecule has 2 rings (SSSR count). The summed E-state index contributed by atoms with van der Waals surface area (Å²) in [7, 11) is 1.63. The molecule has 3 atom stereocenters. The lowest BCUT2D eigenvalue weighted by Crippen LogP contribution is -2.56. The van der Waals surface area contributed by atoms with Crippen molar-refractivity contribution in [3.63, 3.8) is 0 Å². The largest absolute Gasteiger partial charge is 0.369 e. The molecule has 4 heteroatoms. The van der Waals surface area contributed by atoms with Crippen LogP contribution in [-0.4, -0.2) is 49.2 Å². The number of fused-ring (bicyclic) bond motifs is 1. The zero-order valence-corrected chi connectivity index (χ0v) is 11.2. The number of methoxy groups -OCH3 is 1. The Morgan fingerprint density at radius 3 is 2.94 bits per heavy atom. The van der Waals surface area contributed by atoms with E-state index in [1.807, 2.05) is 13.8 Å². The molecule has 1 amide bonds. The van der Waals surface area contributed by atoms with Gasteiger partial charge in [-0.05, 0) is 32.1 Å². The summed E-state index contributed by atoms with van der Waals surface area (Å²) in [5, 5.41) is 3.40. The molecule has 98 valence electrons. The van der Waals surface area contributed by atoms with Gasteiger partial charge in [0.25, 0.3) is 5.91 Å². The number of likely N-dealkylation sites (tertiary alicyclic amines) is 1. The number of hydrogen-bond donors (Lipinski definition) is 1. The van der Waals surface area contributed by atoms with E-state index >= 15 is 0 Å². The summed E-state index contributed by atoms with van der Waals surface area (Å²) in [6.07, 6.45) is 3.10. The topological polar surface area (TPSA) is 41.6 Å². The molecular weight excluding hydrogens is 216 g/mol. The van der Waals surface area contributed by atoms with E-state index in [0.29, 0.717) is 12.0 Å². The summed E-state index contributed by atoms with van der Waals surface area (Å²) in [6.45, 7) is 6.81. The number of carbonyl (C=O) groups excluding carboxylic acids is 1. The van der Waals surface area contributed by atoms with Crippen molar-refractivity contribution < 1.29 is 9.53 Å². The highest BCUT2D eigenvalue weighted by Crippen LogP contribution is 2.29. The Morgan fingerprint density at radius 1 is 1.53 bits per heavy atom. The van der Waals surface area contributed by atoms with Gasteiger partial charge in [-0.25, -0.2) is 0 Å². The molecule has 4 nitrogen and oxygen atoms in total. The summed E-state index contributed by atoms with van der Waals surface area (Å²) < 4.78 is 5.44. The third kappa shape index (κ3) is 2.20. The minimum Gasteiger partial charge on any atom is -0.369 e. The minimum absolute atomic E-state index is 0.168. The first-order chi connectivity index (χ1) is 8.12. The molecule has 17 heavy (non-hydrogen) atoms. The second kappa shape index (κ2) is 4.94. The molecule has 3 unspecified atom stereocenters. The summed E-state index contributed by atoms with van der Waals surface area (Å²) in [6, 6.07) is 0.386. The first-order valence-electron chi connectivity index (χ1n) is 6.69. The zero-order chi connectivity index (χ0) is 12.5. The van der Waals surface area contributed by atoms with Crippen LogP contribution in [0.2, 0.25) is 0 Å². The molecule has 0 bridgehead atoms. The summed E-state index contributed by atoms with van der Waals surface area (Å²) in [5.41, 5.74) is -0.648. The Balaban J connectivity index is 2.12. The third-order valence-electron chi connectivity index (χ3n) is 4.52. The maximum atomic E-state index is 12.6. The highest BCUT2D eigenvalue weighted by molar-refractivity contribution is 5.85. The van der Waals surface area contributed by atoms with Gasteiger partial charge in [-0.1, -0.05) is 6.92 Å². The normalized spacial score (nSPS) is 32.1. The molecule has 0 saturated carbocycles. The van der Waals surface area contributed by atoms with E-state index < -0.39 is 5.60 Å². The molecule has 2 fully saturated rings. The average Bonchev–Trinajstić information content (AvgIpc) is 2.85. The molecule has 0 aromatic heterocycles. The Morgan fingerprint density at radius 2 is 2.29 bits per heavy atom. The van der Waals surface area contributed by atoms with E-state index in [1.165, 1.54) is 6.42 Å². The van der Waals surface area contributed by atoms with Crippen LogP contribution in [-0.2, 0) is 9.53 Å². The van der Waals surface area contributed by atoms with E-state index in [9.17, 15) is 4.79 Å². The Labute approximate surface area is 104 Å². The predicted octanol–water partition coefficient (Wildman–Crippen LogP) is 1.01. The fourth-order valence-electron chi connectivity index (χ4n) is 3.01. The second-order valence-electron chi connectivity index (χ2n) is 5.41. The van der Waals surface area contributed by atoms with E-state index in [1.54, 1.807) is 7.11 Å².